The second kappa shape index (κ2) is 47.6. The quantitative estimate of drug-likeness (QED) is 0.0130. The van der Waals surface area contributed by atoms with Gasteiger partial charge in [0.15, 0.2) is 5.96 Å². The number of carbonyl (C=O) groups is 11. The Morgan fingerprint density at radius 1 is 0.645 bits per heavy atom. The first-order chi connectivity index (χ1) is 51.3. The summed E-state index contributed by atoms with van der Waals surface area (Å²) in [5.41, 5.74) is 13.3. The molecule has 0 aliphatic carbocycles. The van der Waals surface area contributed by atoms with Crippen LogP contribution in [0.1, 0.15) is 200 Å². The standard InChI is InChI=1S/C59H84N16O12.C18H34O2/c1-6-63-57(86)48-14-10-22-75(48)58(87)41(13-9-21-64-59(60)61)68-51(80)42(23-32(2)3)69-52(81)43(24-33(4)5)70-53(82)44(25-34-15-17-37(77)18-16-34)71-56(85)47(30-76)74-54(83)45(26-35-28-65-39-12-8-7-11-38(35)39)72-55(84)46(27-36-29-62-31-66-36)73-50(79)40-19-20-49(78)67-40;1-2-3-4-5-6-7-8-9-10-11-12-13-14-15-16-17-18(19)20/h7-8,11-12,15-18,28-29,31-33,40-48,65,76-77H,6,9-10,13-14,19-27,30H2,1-5H3,(H,62,66)(H,63,86)(H,67,78)(H,68,80)(H,69,81)(H,70,82)(H,71,85)(H,72,84)(H,73,79)(H,74,83)(H4,60,61,64);9-10H,2-8,11-17H2,1H3,(H,19,20)/p-1/b;10-9-/t40-,41-,42-,43+,44-,45-,46-,47-,48-;/m0./s1. The molecule has 2 aliphatic rings. The van der Waals surface area contributed by atoms with Gasteiger partial charge in [0.2, 0.25) is 59.1 Å². The molecular weight excluding hydrogens is 1370 g/mol. The lowest BCUT2D eigenvalue weighted by atomic mass is 9.98. The Bertz CT molecular complexity index is 3520. The van der Waals surface area contributed by atoms with Gasteiger partial charge < -0.3 is 94.3 Å². The molecule has 107 heavy (non-hydrogen) atoms. The van der Waals surface area contributed by atoms with Crippen LogP contribution in [-0.4, -0.2) is 182 Å². The van der Waals surface area contributed by atoms with Crippen LogP contribution in [0.3, 0.4) is 0 Å². The molecule has 2 fully saturated rings. The number of aromatic hydroxyl groups is 1. The van der Waals surface area contributed by atoms with Crippen LogP contribution in [0.2, 0.25) is 0 Å². The van der Waals surface area contributed by atoms with Crippen molar-refractivity contribution in [1.29, 1.82) is 0 Å². The number of aliphatic imine (C=N–C) groups is 1. The van der Waals surface area contributed by atoms with Crippen molar-refractivity contribution in [2.45, 2.75) is 256 Å². The van der Waals surface area contributed by atoms with Crippen molar-refractivity contribution in [3.05, 3.63) is 96.2 Å². The molecule has 0 radical (unpaired) electrons. The van der Waals surface area contributed by atoms with Crippen LogP contribution in [0.25, 0.3) is 10.9 Å². The molecule has 4 aromatic rings. The largest absolute Gasteiger partial charge is 0.550 e. The lowest BCUT2D eigenvalue weighted by Crippen LogP contribution is -2.61. The molecule has 17 N–H and O–H groups in total. The lowest BCUT2D eigenvalue weighted by Gasteiger charge is -2.31. The molecule has 4 heterocycles. The summed E-state index contributed by atoms with van der Waals surface area (Å²) < 4.78 is 0. The normalized spacial score (nSPS) is 16.0. The topological polar surface area (TPSA) is 472 Å². The highest BCUT2D eigenvalue weighted by molar-refractivity contribution is 5.99. The zero-order valence-electron chi connectivity index (χ0n) is 63.2. The van der Waals surface area contributed by atoms with Gasteiger partial charge in [-0.3, -0.25) is 52.9 Å². The molecular formula is C77H117N16O14-. The number of hydrogen-bond acceptors (Lipinski definition) is 16. The minimum atomic E-state index is -1.75. The van der Waals surface area contributed by atoms with Crippen LogP contribution in [0.15, 0.2) is 84.4 Å². The summed E-state index contributed by atoms with van der Waals surface area (Å²) >= 11 is 0. The summed E-state index contributed by atoms with van der Waals surface area (Å²) in [5.74, 6) is -8.47. The van der Waals surface area contributed by atoms with Crippen molar-refractivity contribution in [2.24, 2.45) is 28.3 Å². The number of aliphatic hydroxyl groups excluding tert-OH is 1. The number of carboxylic acid groups (broad SMARTS) is 1. The van der Waals surface area contributed by atoms with Gasteiger partial charge in [0.25, 0.3) is 0 Å². The van der Waals surface area contributed by atoms with Crippen molar-refractivity contribution in [3.8, 4) is 5.75 Å². The minimum Gasteiger partial charge on any atom is -0.550 e. The number of H-pyrrole nitrogens is 2. The van der Waals surface area contributed by atoms with E-state index in [2.05, 4.69) is 86.9 Å². The number of likely N-dealkylation sites (N-methyl/N-ethyl adjacent to an activating group) is 1. The van der Waals surface area contributed by atoms with Crippen LogP contribution in [0.4, 0.5) is 0 Å². The van der Waals surface area contributed by atoms with E-state index >= 15 is 0 Å². The number of benzene rings is 2. The number of aliphatic hydroxyl groups is 1. The van der Waals surface area contributed by atoms with E-state index in [9.17, 15) is 68.1 Å². The lowest BCUT2D eigenvalue weighted by molar-refractivity contribution is -0.305. The Labute approximate surface area is 628 Å². The molecule has 0 unspecified atom stereocenters. The summed E-state index contributed by atoms with van der Waals surface area (Å²) in [7, 11) is 0. The van der Waals surface area contributed by atoms with Gasteiger partial charge in [-0.1, -0.05) is 128 Å². The summed E-state index contributed by atoms with van der Waals surface area (Å²) in [5, 5.41) is 56.1. The van der Waals surface area contributed by atoms with E-state index in [1.54, 1.807) is 45.2 Å². The second-order valence-corrected chi connectivity index (χ2v) is 28.5. The van der Waals surface area contributed by atoms with Crippen LogP contribution in [0.5, 0.6) is 5.75 Å². The van der Waals surface area contributed by atoms with Crippen molar-refractivity contribution in [2.75, 3.05) is 26.2 Å². The van der Waals surface area contributed by atoms with Gasteiger partial charge in [-0.15, -0.1) is 0 Å². The number of aliphatic carboxylic acids is 1. The molecule has 10 amide bonds. The van der Waals surface area contributed by atoms with Crippen LogP contribution < -0.4 is 64.4 Å². The number of para-hydroxylation sites is 1. The number of nitrogens with two attached hydrogens (primary N) is 2. The minimum absolute atomic E-state index is 0.0397. The maximum atomic E-state index is 14.7. The van der Waals surface area contributed by atoms with E-state index in [1.165, 1.54) is 106 Å². The molecule has 30 heteroatoms. The molecule has 9 atom stereocenters. The van der Waals surface area contributed by atoms with Crippen molar-refractivity contribution in [3.63, 3.8) is 0 Å². The Morgan fingerprint density at radius 3 is 1.76 bits per heavy atom. The van der Waals surface area contributed by atoms with Gasteiger partial charge in [-0.25, -0.2) is 4.98 Å². The maximum absolute atomic E-state index is 14.7. The van der Waals surface area contributed by atoms with Gasteiger partial charge in [0.1, 0.15) is 60.1 Å². The molecule has 0 spiro atoms. The number of rotatable bonds is 47. The van der Waals surface area contributed by atoms with Crippen LogP contribution in [-0.2, 0) is 72.0 Å². The number of hydrogen-bond donors (Lipinski definition) is 15. The highest BCUT2D eigenvalue weighted by Gasteiger charge is 2.40. The van der Waals surface area contributed by atoms with Gasteiger partial charge in [-0.05, 0) is 132 Å². The van der Waals surface area contributed by atoms with E-state index in [0.717, 1.165) is 24.8 Å². The number of likely N-dealkylation sites (tertiary alicyclic amines) is 1. The molecule has 6 rings (SSSR count). The third-order valence-electron chi connectivity index (χ3n) is 18.6. The number of allylic oxidation sites excluding steroid dienone is 2. The van der Waals surface area contributed by atoms with Crippen molar-refractivity contribution < 1.29 is 68.1 Å². The van der Waals surface area contributed by atoms with E-state index in [0.29, 0.717) is 41.6 Å². The fraction of sp³-hybridized carbons (Fsp3) is 0.597. The first-order valence-electron chi connectivity index (χ1n) is 38.1. The molecule has 2 aromatic carbocycles. The summed E-state index contributed by atoms with van der Waals surface area (Å²) in [4.78, 5) is 165. The maximum Gasteiger partial charge on any atom is 0.245 e. The summed E-state index contributed by atoms with van der Waals surface area (Å²) in [6, 6.07) is 1.58. The number of carbonyl (C=O) groups excluding carboxylic acids is 11. The Kier molecular flexibility index (Phi) is 39.1. The highest BCUT2D eigenvalue weighted by Crippen LogP contribution is 2.23. The number of amides is 10. The van der Waals surface area contributed by atoms with Gasteiger partial charge in [-0.2, -0.15) is 0 Å². The number of phenols is 1. The number of nitrogens with one attached hydrogen (secondary N) is 11. The molecule has 2 aromatic heterocycles. The number of fused-ring (bicyclic) bond motifs is 1. The first-order valence-corrected chi connectivity index (χ1v) is 38.1. The van der Waals surface area contributed by atoms with Crippen LogP contribution in [0, 0.1) is 11.8 Å². The summed E-state index contributed by atoms with van der Waals surface area (Å²) in [6.07, 6.45) is 26.7. The number of carboxylic acids is 1. The highest BCUT2D eigenvalue weighted by atomic mass is 16.4. The van der Waals surface area contributed by atoms with Crippen molar-refractivity contribution in [1.82, 2.24) is 67.7 Å². The fourth-order valence-electron chi connectivity index (χ4n) is 12.8. The van der Waals surface area contributed by atoms with Crippen LogP contribution >= 0.6 is 0 Å². The second-order valence-electron chi connectivity index (χ2n) is 28.5. The van der Waals surface area contributed by atoms with E-state index < -0.39 is 114 Å². The number of aromatic nitrogens is 3. The molecule has 590 valence electrons. The number of nitrogens with zero attached hydrogens (tertiary/aromatic N) is 3. The zero-order chi connectivity index (χ0) is 78.2. The third kappa shape index (κ3) is 32.0. The fourth-order valence-corrected chi connectivity index (χ4v) is 12.8. The number of unbranched alkanes of at least 4 members (excludes halogenated alkanes) is 11. The Morgan fingerprint density at radius 2 is 1.20 bits per heavy atom. The first kappa shape index (κ1) is 87.8. The molecule has 2 aliphatic heterocycles. The third-order valence-corrected chi connectivity index (χ3v) is 18.6. The number of phenolic OH excluding ortho intramolecular Hbond substituents is 1. The van der Waals surface area contributed by atoms with E-state index in [4.69, 9.17) is 11.5 Å². The van der Waals surface area contributed by atoms with Gasteiger partial charge in [0, 0.05) is 80.3 Å². The average Bonchev–Trinajstić information content (AvgIpc) is 1.78. The predicted molar refractivity (Wildman–Crippen MR) is 405 cm³/mol. The zero-order valence-corrected chi connectivity index (χ0v) is 63.2. The number of guanidine groups is 1. The predicted octanol–water partition coefficient (Wildman–Crippen LogP) is 3.34. The Balaban J connectivity index is 0.000000891. The molecule has 30 nitrogen and oxygen atoms in total. The average molecular weight is 1490 g/mol. The monoisotopic (exact) mass is 1490 g/mol. The molecule has 0 bridgehead atoms. The van der Waals surface area contributed by atoms with Gasteiger partial charge >= 0.3 is 0 Å². The Hall–Kier alpha value is -9.87. The van der Waals surface area contributed by atoms with E-state index in [1.807, 2.05) is 19.9 Å². The molecule has 0 saturated carbocycles. The SMILES string of the molecule is CCCCCCCC/C=C\CCCCCCCC(=O)[O-].CCNC(=O)[C@@H]1CCCN1C(=O)[C@H](CCCN=C(N)N)NC(=O)[C@H](CC(C)C)NC(=O)[C@@H](CC(C)C)NC(=O)[C@H](Cc1ccc(O)cc1)NC(=O)[C@H](CO)NC(=O)[C@H](Cc1c[nH]c2ccccc12)NC(=O)[C@H](Cc1cnc[nH]1)NC(=O)[C@@H]1CCC(=O)N1. The summed E-state index contributed by atoms with van der Waals surface area (Å²) in [6.45, 7) is 11.1. The van der Waals surface area contributed by atoms with Crippen molar-refractivity contribution >= 4 is 81.9 Å². The number of imidazole rings is 1. The van der Waals surface area contributed by atoms with E-state index in [-0.39, 0.29) is 113 Å². The molecule has 2 saturated heterocycles. The number of aromatic amines is 2. The van der Waals surface area contributed by atoms with Gasteiger partial charge in [0.05, 0.1) is 12.9 Å². The smallest absolute Gasteiger partial charge is 0.245 e.